The fraction of sp³-hybridized carbons (Fsp3) is 0.458. The maximum atomic E-state index is 12.1. The Hall–Kier alpha value is -2.10. The van der Waals surface area contributed by atoms with Gasteiger partial charge in [-0.3, -0.25) is 14.8 Å². The van der Waals surface area contributed by atoms with E-state index in [0.29, 0.717) is 30.7 Å². The van der Waals surface area contributed by atoms with Crippen LogP contribution in [0.1, 0.15) is 17.7 Å². The number of nitrogens with zero attached hydrogens (tertiary/aromatic N) is 4. The van der Waals surface area contributed by atoms with Crippen molar-refractivity contribution in [3.8, 4) is 11.5 Å². The van der Waals surface area contributed by atoms with Crippen molar-refractivity contribution in [3.63, 3.8) is 0 Å². The largest absolute Gasteiger partial charge is 0.486 e. The third kappa shape index (κ3) is 6.19. The summed E-state index contributed by atoms with van der Waals surface area (Å²) in [5.41, 5.74) is 3.53. The Balaban J connectivity index is 0.00000171. The number of fused-ring (bicyclic) bond motifs is 2. The van der Waals surface area contributed by atoms with E-state index in [2.05, 4.69) is 20.2 Å². The Morgan fingerprint density at radius 3 is 2.77 bits per heavy atom. The molecule has 5 rings (SSSR count). The average molecular weight is 543 g/mol. The Morgan fingerprint density at radius 2 is 1.94 bits per heavy atom. The van der Waals surface area contributed by atoms with Gasteiger partial charge in [-0.2, -0.15) is 0 Å². The van der Waals surface area contributed by atoms with E-state index < -0.39 is 0 Å². The molecule has 0 spiro atoms. The van der Waals surface area contributed by atoms with Gasteiger partial charge in [0.15, 0.2) is 11.5 Å². The second kappa shape index (κ2) is 12.2. The zero-order valence-electron chi connectivity index (χ0n) is 19.5. The average Bonchev–Trinajstić information content (AvgIpc) is 3.28. The Morgan fingerprint density at radius 1 is 1.14 bits per heavy atom. The van der Waals surface area contributed by atoms with Gasteiger partial charge >= 0.3 is 0 Å². The van der Waals surface area contributed by atoms with E-state index in [9.17, 15) is 4.79 Å². The quantitative estimate of drug-likeness (QED) is 0.491. The summed E-state index contributed by atoms with van der Waals surface area (Å²) in [6, 6.07) is 5.27. The van der Waals surface area contributed by atoms with E-state index in [1.807, 2.05) is 6.07 Å². The van der Waals surface area contributed by atoms with Gasteiger partial charge in [-0.05, 0) is 43.5 Å². The smallest absolute Gasteiger partial charge is 0.250 e. The van der Waals surface area contributed by atoms with Gasteiger partial charge in [0.1, 0.15) is 13.2 Å². The molecule has 8 nitrogen and oxygen atoms in total. The highest BCUT2D eigenvalue weighted by Gasteiger charge is 2.23. The molecule has 0 bridgehead atoms. The van der Waals surface area contributed by atoms with Crippen molar-refractivity contribution in [2.75, 3.05) is 39.4 Å². The monoisotopic (exact) mass is 541 g/mol. The Labute approximate surface area is 221 Å². The van der Waals surface area contributed by atoms with Crippen LogP contribution in [0.3, 0.4) is 0 Å². The molecule has 1 saturated heterocycles. The molecule has 1 atom stereocenters. The fourth-order valence-electron chi connectivity index (χ4n) is 4.68. The van der Waals surface area contributed by atoms with Crippen molar-refractivity contribution in [2.45, 2.75) is 19.4 Å². The van der Waals surface area contributed by atoms with Crippen LogP contribution >= 0.6 is 36.4 Å². The molecular weight excluding hydrogens is 513 g/mol. The number of aryl methyl sites for hydroxylation is 1. The molecule has 0 aliphatic carbocycles. The Kier molecular flexibility index (Phi) is 9.61. The van der Waals surface area contributed by atoms with Gasteiger partial charge in [-0.15, -0.1) is 24.8 Å². The lowest BCUT2D eigenvalue weighted by molar-refractivity contribution is 0.170. The van der Waals surface area contributed by atoms with Crippen LogP contribution in [0.4, 0.5) is 0 Å². The minimum absolute atomic E-state index is 0. The number of hydrogen-bond acceptors (Lipinski definition) is 7. The summed E-state index contributed by atoms with van der Waals surface area (Å²) in [5, 5.41) is 4.16. The molecule has 190 valence electrons. The van der Waals surface area contributed by atoms with Gasteiger partial charge in [0, 0.05) is 45.0 Å². The highest BCUT2D eigenvalue weighted by molar-refractivity contribution is 6.32. The molecule has 3 aromatic heterocycles. The van der Waals surface area contributed by atoms with Gasteiger partial charge in [-0.25, -0.2) is 0 Å². The molecule has 1 N–H and O–H groups in total. The van der Waals surface area contributed by atoms with Crippen molar-refractivity contribution >= 4 is 47.4 Å². The number of hydrogen-bond donors (Lipinski definition) is 1. The zero-order valence-corrected chi connectivity index (χ0v) is 21.9. The van der Waals surface area contributed by atoms with Crippen molar-refractivity contribution in [1.82, 2.24) is 24.8 Å². The molecule has 0 aromatic carbocycles. The molecule has 0 radical (unpaired) electrons. The summed E-state index contributed by atoms with van der Waals surface area (Å²) in [6.45, 7) is 5.82. The first kappa shape index (κ1) is 27.5. The molecule has 3 aromatic rings. The highest BCUT2D eigenvalue weighted by atomic mass is 35.5. The van der Waals surface area contributed by atoms with E-state index >= 15 is 0 Å². The normalized spacial score (nSPS) is 17.1. The summed E-state index contributed by atoms with van der Waals surface area (Å²) in [6.07, 6.45) is 5.38. The van der Waals surface area contributed by atoms with Crippen LogP contribution in [0, 0.1) is 5.92 Å². The van der Waals surface area contributed by atoms with Crippen LogP contribution in [-0.2, 0) is 20.0 Å². The maximum absolute atomic E-state index is 12.1. The van der Waals surface area contributed by atoms with Crippen LogP contribution in [0.25, 0.3) is 11.0 Å². The van der Waals surface area contributed by atoms with Crippen molar-refractivity contribution in [1.29, 1.82) is 0 Å². The zero-order chi connectivity index (χ0) is 22.8. The van der Waals surface area contributed by atoms with Gasteiger partial charge in [0.2, 0.25) is 0 Å². The van der Waals surface area contributed by atoms with Crippen LogP contribution in [0.15, 0.2) is 35.4 Å². The first-order chi connectivity index (χ1) is 16.1. The molecule has 5 heterocycles. The minimum Gasteiger partial charge on any atom is -0.486 e. The van der Waals surface area contributed by atoms with Crippen LogP contribution in [0.5, 0.6) is 11.5 Å². The molecule has 11 heteroatoms. The van der Waals surface area contributed by atoms with Crippen LogP contribution in [0.2, 0.25) is 5.02 Å². The van der Waals surface area contributed by atoms with E-state index in [4.69, 9.17) is 21.1 Å². The fourth-order valence-corrected chi connectivity index (χ4v) is 4.91. The number of aromatic nitrogens is 3. The number of halogens is 3. The molecular formula is C24H30Cl3N5O3. The maximum Gasteiger partial charge on any atom is 0.250 e. The lowest BCUT2D eigenvalue weighted by Gasteiger charge is -2.19. The number of rotatable bonds is 7. The molecule has 0 amide bonds. The summed E-state index contributed by atoms with van der Waals surface area (Å²) in [7, 11) is 1.78. The van der Waals surface area contributed by atoms with Crippen LogP contribution < -0.4 is 20.3 Å². The summed E-state index contributed by atoms with van der Waals surface area (Å²) < 4.78 is 12.8. The third-order valence-electron chi connectivity index (χ3n) is 6.46. The molecule has 35 heavy (non-hydrogen) atoms. The minimum atomic E-state index is -0.0485. The van der Waals surface area contributed by atoms with Gasteiger partial charge in [-0.1, -0.05) is 11.6 Å². The molecule has 0 saturated carbocycles. The lowest BCUT2D eigenvalue weighted by Crippen LogP contribution is -2.28. The molecule has 2 aliphatic rings. The van der Waals surface area contributed by atoms with E-state index in [0.717, 1.165) is 72.8 Å². The standard InChI is InChI=1S/C24H28ClN5O3.2ClH/c1-29-23(31)3-2-20-24(29)18(19(25)13-28-20)5-7-30-6-4-16(15-30)11-26-12-17-10-21-22(14-27-17)33-9-8-32-21;;/h2-3,10,13-14,16,26H,4-9,11-12,15H2,1H3;2*1H/t16-;;/m1../s1. The summed E-state index contributed by atoms with van der Waals surface area (Å²) in [4.78, 5) is 23.4. The first-order valence-corrected chi connectivity index (χ1v) is 11.8. The predicted molar refractivity (Wildman–Crippen MR) is 142 cm³/mol. The van der Waals surface area contributed by atoms with Gasteiger partial charge in [0.25, 0.3) is 5.56 Å². The van der Waals surface area contributed by atoms with Gasteiger partial charge in [0.05, 0.1) is 27.9 Å². The number of nitrogens with one attached hydrogen (secondary N) is 1. The van der Waals surface area contributed by atoms with Crippen molar-refractivity contribution < 1.29 is 9.47 Å². The van der Waals surface area contributed by atoms with Crippen molar-refractivity contribution in [3.05, 3.63) is 57.2 Å². The Bertz CT molecular complexity index is 1220. The number of likely N-dealkylation sites (tertiary alicyclic amines) is 1. The second-order valence-electron chi connectivity index (χ2n) is 8.70. The van der Waals surface area contributed by atoms with Gasteiger partial charge < -0.3 is 24.3 Å². The first-order valence-electron chi connectivity index (χ1n) is 11.4. The lowest BCUT2D eigenvalue weighted by atomic mass is 10.1. The predicted octanol–water partition coefficient (Wildman–Crippen LogP) is 3.25. The topological polar surface area (TPSA) is 81.5 Å². The summed E-state index contributed by atoms with van der Waals surface area (Å²) in [5.74, 6) is 2.09. The van der Waals surface area contributed by atoms with E-state index in [1.165, 1.54) is 0 Å². The molecule has 2 aliphatic heterocycles. The molecule has 1 fully saturated rings. The number of pyridine rings is 3. The van der Waals surface area contributed by atoms with Crippen LogP contribution in [-0.4, -0.2) is 58.8 Å². The van der Waals surface area contributed by atoms with E-state index in [1.54, 1.807) is 36.1 Å². The molecule has 0 unspecified atom stereocenters. The van der Waals surface area contributed by atoms with E-state index in [-0.39, 0.29) is 30.4 Å². The third-order valence-corrected chi connectivity index (χ3v) is 6.78. The number of ether oxygens (including phenoxy) is 2. The SMILES string of the molecule is Cl.Cl.Cn1c(=O)ccc2ncc(Cl)c(CCN3CC[C@H](CNCc4cc5c(cn4)OCCO5)C3)c21. The second-order valence-corrected chi connectivity index (χ2v) is 9.11. The highest BCUT2D eigenvalue weighted by Crippen LogP contribution is 2.29. The van der Waals surface area contributed by atoms with Crippen molar-refractivity contribution in [2.24, 2.45) is 13.0 Å². The summed E-state index contributed by atoms with van der Waals surface area (Å²) >= 11 is 6.48.